The summed E-state index contributed by atoms with van der Waals surface area (Å²) in [5, 5.41) is 3.75. The molecule has 0 fully saturated rings. The molecule has 0 saturated carbocycles. The Labute approximate surface area is 107 Å². The Hall–Kier alpha value is -0.250. The first-order valence-corrected chi connectivity index (χ1v) is 6.17. The molecule has 0 bridgehead atoms. The maximum absolute atomic E-state index is 13.5. The van der Waals surface area contributed by atoms with Gasteiger partial charge in [0, 0.05) is 22.9 Å². The van der Waals surface area contributed by atoms with Crippen molar-refractivity contribution in [1.82, 2.24) is 5.32 Å². The summed E-state index contributed by atoms with van der Waals surface area (Å²) < 4.78 is 13.5. The molecule has 1 aromatic carbocycles. The summed E-state index contributed by atoms with van der Waals surface area (Å²) in [5.74, 6) is 0.383. The summed E-state index contributed by atoms with van der Waals surface area (Å²) >= 11 is 10.2. The zero-order valence-corrected chi connectivity index (χ0v) is 11.4. The lowest BCUT2D eigenvalue weighted by Gasteiger charge is -2.27. The van der Waals surface area contributed by atoms with E-state index in [2.05, 4.69) is 17.9 Å². The van der Waals surface area contributed by atoms with E-state index in [1.807, 2.05) is 13.8 Å². The number of hydrogen-bond acceptors (Lipinski definition) is 2. The highest BCUT2D eigenvalue weighted by Crippen LogP contribution is 2.31. The number of hydrogen-bond donors (Lipinski definition) is 2. The molecule has 0 unspecified atom stereocenters. The molecule has 1 aromatic rings. The lowest BCUT2D eigenvalue weighted by Crippen LogP contribution is -2.32. The second kappa shape index (κ2) is 5.39. The fourth-order valence-corrected chi connectivity index (χ4v) is 2.21. The van der Waals surface area contributed by atoms with Crippen LogP contribution in [0.25, 0.3) is 0 Å². The molecule has 1 N–H and O–H groups in total. The van der Waals surface area contributed by atoms with Crippen molar-refractivity contribution in [2.75, 3.05) is 12.4 Å². The van der Waals surface area contributed by atoms with Crippen molar-refractivity contribution in [2.45, 2.75) is 26.2 Å². The second-order valence-electron chi connectivity index (χ2n) is 4.55. The number of halogens is 2. The fraction of sp³-hybridized carbons (Fsp3) is 0.500. The summed E-state index contributed by atoms with van der Waals surface area (Å²) in [6, 6.07) is 3.20. The van der Waals surface area contributed by atoms with Gasteiger partial charge in [-0.05, 0) is 30.2 Å². The van der Waals surface area contributed by atoms with E-state index in [9.17, 15) is 4.39 Å². The summed E-state index contributed by atoms with van der Waals surface area (Å²) in [4.78, 5) is 0. The van der Waals surface area contributed by atoms with Crippen molar-refractivity contribution in [3.63, 3.8) is 0 Å². The minimum Gasteiger partial charge on any atom is -0.307 e. The maximum Gasteiger partial charge on any atom is 0.126 e. The van der Waals surface area contributed by atoms with Crippen molar-refractivity contribution in [3.05, 3.63) is 34.1 Å². The third-order valence-corrected chi connectivity index (χ3v) is 3.19. The monoisotopic (exact) mass is 261 g/mol. The number of thiol groups is 1. The maximum atomic E-state index is 13.5. The molecule has 90 valence electrons. The second-order valence-corrected chi connectivity index (χ2v) is 5.27. The Morgan fingerprint density at radius 1 is 1.44 bits per heavy atom. The summed E-state index contributed by atoms with van der Waals surface area (Å²) in [6.45, 7) is 6.47. The van der Waals surface area contributed by atoms with Crippen LogP contribution in [0.15, 0.2) is 12.1 Å². The molecule has 0 aliphatic carbocycles. The Morgan fingerprint density at radius 3 is 2.62 bits per heavy atom. The van der Waals surface area contributed by atoms with Gasteiger partial charge < -0.3 is 5.32 Å². The number of rotatable bonds is 4. The van der Waals surface area contributed by atoms with Crippen molar-refractivity contribution in [2.24, 2.45) is 0 Å². The lowest BCUT2D eigenvalue weighted by atomic mass is 9.84. The molecule has 0 saturated heterocycles. The Bertz CT molecular complexity index is 380. The molecule has 1 nitrogen and oxygen atoms in total. The minimum absolute atomic E-state index is 0.210. The number of nitrogens with one attached hydrogen (secondary N) is 1. The van der Waals surface area contributed by atoms with E-state index in [4.69, 9.17) is 11.6 Å². The van der Waals surface area contributed by atoms with Crippen LogP contribution in [0.4, 0.5) is 4.39 Å². The molecule has 4 heteroatoms. The van der Waals surface area contributed by atoms with Gasteiger partial charge in [0.25, 0.3) is 0 Å². The van der Waals surface area contributed by atoms with E-state index in [0.717, 1.165) is 5.56 Å². The van der Waals surface area contributed by atoms with Crippen LogP contribution in [0.3, 0.4) is 0 Å². The van der Waals surface area contributed by atoms with Gasteiger partial charge in [-0.15, -0.1) is 0 Å². The summed E-state index contributed by atoms with van der Waals surface area (Å²) in [5.41, 5.74) is 1.19. The van der Waals surface area contributed by atoms with Crippen LogP contribution < -0.4 is 5.32 Å². The van der Waals surface area contributed by atoms with E-state index < -0.39 is 0 Å². The highest BCUT2D eigenvalue weighted by atomic mass is 35.5. The van der Waals surface area contributed by atoms with Gasteiger partial charge in [0.15, 0.2) is 0 Å². The van der Waals surface area contributed by atoms with Gasteiger partial charge in [-0.25, -0.2) is 4.39 Å². The van der Waals surface area contributed by atoms with Crippen molar-refractivity contribution >= 4 is 24.2 Å². The van der Waals surface area contributed by atoms with Gasteiger partial charge in [0.2, 0.25) is 0 Å². The van der Waals surface area contributed by atoms with Crippen LogP contribution in [0.1, 0.15) is 25.0 Å². The van der Waals surface area contributed by atoms with E-state index in [1.54, 1.807) is 13.0 Å². The molecule has 0 radical (unpaired) electrons. The summed E-state index contributed by atoms with van der Waals surface area (Å²) in [7, 11) is 0. The zero-order chi connectivity index (χ0) is 12.3. The standard InChI is InChI=1S/C12H17ClFNS/c1-8-4-10(13)9(5-11(8)14)12(2,3)6-15-7-16/h4-5,15-16H,6-7H2,1-3H3. The topological polar surface area (TPSA) is 12.0 Å². The highest BCUT2D eigenvalue weighted by molar-refractivity contribution is 7.80. The fourth-order valence-electron chi connectivity index (χ4n) is 1.63. The van der Waals surface area contributed by atoms with E-state index in [0.29, 0.717) is 23.0 Å². The first-order chi connectivity index (χ1) is 7.38. The van der Waals surface area contributed by atoms with Gasteiger partial charge in [-0.3, -0.25) is 0 Å². The molecule has 1 rings (SSSR count). The quantitative estimate of drug-likeness (QED) is 0.624. The molecular weight excluding hydrogens is 245 g/mol. The molecular formula is C12H17ClFNS. The average molecular weight is 262 g/mol. The average Bonchev–Trinajstić information content (AvgIpc) is 2.20. The Balaban J connectivity index is 3.07. The van der Waals surface area contributed by atoms with Crippen molar-refractivity contribution < 1.29 is 4.39 Å². The normalized spacial score (nSPS) is 11.9. The first kappa shape index (κ1) is 13.8. The summed E-state index contributed by atoms with van der Waals surface area (Å²) in [6.07, 6.45) is 0. The van der Waals surface area contributed by atoms with Crippen LogP contribution >= 0.6 is 24.2 Å². The Morgan fingerprint density at radius 2 is 2.06 bits per heavy atom. The molecule has 0 aliphatic rings. The third-order valence-electron chi connectivity index (χ3n) is 2.66. The van der Waals surface area contributed by atoms with Crippen molar-refractivity contribution in [1.29, 1.82) is 0 Å². The van der Waals surface area contributed by atoms with Crippen LogP contribution in [0.2, 0.25) is 5.02 Å². The first-order valence-electron chi connectivity index (χ1n) is 5.16. The molecule has 16 heavy (non-hydrogen) atoms. The molecule has 0 spiro atoms. The lowest BCUT2D eigenvalue weighted by molar-refractivity contribution is 0.485. The predicted molar refractivity (Wildman–Crippen MR) is 71.0 cm³/mol. The molecule has 0 atom stereocenters. The molecule has 0 amide bonds. The van der Waals surface area contributed by atoms with Crippen LogP contribution in [-0.4, -0.2) is 12.4 Å². The predicted octanol–water partition coefficient (Wildman–Crippen LogP) is 3.54. The minimum atomic E-state index is -0.214. The van der Waals surface area contributed by atoms with Gasteiger partial charge >= 0.3 is 0 Å². The largest absolute Gasteiger partial charge is 0.307 e. The number of aryl methyl sites for hydroxylation is 1. The smallest absolute Gasteiger partial charge is 0.126 e. The third kappa shape index (κ3) is 3.12. The van der Waals surface area contributed by atoms with Crippen molar-refractivity contribution in [3.8, 4) is 0 Å². The van der Waals surface area contributed by atoms with E-state index in [1.165, 1.54) is 6.07 Å². The van der Waals surface area contributed by atoms with E-state index >= 15 is 0 Å². The molecule has 0 heterocycles. The van der Waals surface area contributed by atoms with Crippen LogP contribution in [0, 0.1) is 12.7 Å². The van der Waals surface area contributed by atoms with Crippen LogP contribution in [-0.2, 0) is 5.41 Å². The highest BCUT2D eigenvalue weighted by Gasteiger charge is 2.24. The SMILES string of the molecule is Cc1cc(Cl)c(C(C)(C)CNCS)cc1F. The van der Waals surface area contributed by atoms with Gasteiger partial charge in [0.1, 0.15) is 5.82 Å². The van der Waals surface area contributed by atoms with E-state index in [-0.39, 0.29) is 11.2 Å². The number of benzene rings is 1. The van der Waals surface area contributed by atoms with Gasteiger partial charge in [-0.1, -0.05) is 25.4 Å². The zero-order valence-electron chi connectivity index (χ0n) is 9.77. The van der Waals surface area contributed by atoms with Gasteiger partial charge in [0.05, 0.1) is 0 Å². The molecule has 0 aliphatic heterocycles. The Kier molecular flexibility index (Phi) is 4.65. The molecule has 0 aromatic heterocycles. The van der Waals surface area contributed by atoms with Gasteiger partial charge in [-0.2, -0.15) is 12.6 Å². The van der Waals surface area contributed by atoms with Crippen LogP contribution in [0.5, 0.6) is 0 Å².